The lowest BCUT2D eigenvalue weighted by Gasteiger charge is -2.23. The van der Waals surface area contributed by atoms with Crippen molar-refractivity contribution in [1.82, 2.24) is 0 Å². The number of hydrogen-bond donors (Lipinski definition) is 1. The van der Waals surface area contributed by atoms with Crippen molar-refractivity contribution in [1.29, 1.82) is 0 Å². The summed E-state index contributed by atoms with van der Waals surface area (Å²) in [7, 11) is 0. The lowest BCUT2D eigenvalue weighted by Crippen LogP contribution is -2.17. The van der Waals surface area contributed by atoms with Gasteiger partial charge in [0, 0.05) is 8.95 Å². The van der Waals surface area contributed by atoms with E-state index in [0.717, 1.165) is 14.5 Å². The van der Waals surface area contributed by atoms with Gasteiger partial charge >= 0.3 is 5.97 Å². The van der Waals surface area contributed by atoms with Gasteiger partial charge in [0.05, 0.1) is 5.56 Å². The van der Waals surface area contributed by atoms with Crippen molar-refractivity contribution < 1.29 is 9.90 Å². The first-order valence-corrected chi connectivity index (χ1v) is 6.05. The summed E-state index contributed by atoms with van der Waals surface area (Å²) < 4.78 is 1.58. The topological polar surface area (TPSA) is 37.3 Å². The highest BCUT2D eigenvalue weighted by Crippen LogP contribution is 2.35. The van der Waals surface area contributed by atoms with Crippen LogP contribution in [0, 0.1) is 0 Å². The van der Waals surface area contributed by atoms with E-state index in [2.05, 4.69) is 31.9 Å². The molecule has 1 aromatic carbocycles. The van der Waals surface area contributed by atoms with Gasteiger partial charge in [-0.05, 0) is 23.1 Å². The normalized spacial score (nSPS) is 11.5. The summed E-state index contributed by atoms with van der Waals surface area (Å²) >= 11 is 6.70. The van der Waals surface area contributed by atoms with Crippen LogP contribution >= 0.6 is 31.9 Å². The molecule has 82 valence electrons. The highest BCUT2D eigenvalue weighted by Gasteiger charge is 2.24. The monoisotopic (exact) mass is 334 g/mol. The van der Waals surface area contributed by atoms with Crippen LogP contribution in [0.1, 0.15) is 36.7 Å². The molecule has 0 saturated heterocycles. The summed E-state index contributed by atoms with van der Waals surface area (Å²) in [5.41, 5.74) is 0.953. The molecule has 0 radical (unpaired) electrons. The minimum absolute atomic E-state index is 0.201. The zero-order valence-electron chi connectivity index (χ0n) is 8.77. The number of benzene rings is 1. The second kappa shape index (κ2) is 4.26. The molecule has 0 aromatic heterocycles. The third-order valence-corrected chi connectivity index (χ3v) is 3.12. The Morgan fingerprint density at radius 1 is 1.27 bits per heavy atom. The van der Waals surface area contributed by atoms with Gasteiger partial charge in [0.15, 0.2) is 0 Å². The molecule has 15 heavy (non-hydrogen) atoms. The van der Waals surface area contributed by atoms with E-state index in [1.54, 1.807) is 6.07 Å². The van der Waals surface area contributed by atoms with Crippen LogP contribution in [0.3, 0.4) is 0 Å². The van der Waals surface area contributed by atoms with E-state index >= 15 is 0 Å². The molecule has 0 bridgehead atoms. The first-order chi connectivity index (χ1) is 6.73. The molecule has 0 fully saturated rings. The van der Waals surface area contributed by atoms with Crippen molar-refractivity contribution in [3.05, 3.63) is 32.2 Å². The summed E-state index contributed by atoms with van der Waals surface area (Å²) in [5, 5.41) is 9.14. The van der Waals surface area contributed by atoms with Crippen LogP contribution in [-0.2, 0) is 5.41 Å². The molecule has 0 aliphatic carbocycles. The lowest BCUT2D eigenvalue weighted by atomic mass is 9.84. The van der Waals surface area contributed by atoms with Crippen molar-refractivity contribution in [3.63, 3.8) is 0 Å². The molecule has 0 aliphatic rings. The van der Waals surface area contributed by atoms with Crippen molar-refractivity contribution in [2.24, 2.45) is 0 Å². The maximum atomic E-state index is 11.1. The Hall–Kier alpha value is -0.350. The lowest BCUT2D eigenvalue weighted by molar-refractivity contribution is 0.0694. The molecular formula is C11H12Br2O2. The Kier molecular flexibility index (Phi) is 3.61. The quantitative estimate of drug-likeness (QED) is 0.834. The molecule has 0 saturated carbocycles. The number of halogens is 2. The highest BCUT2D eigenvalue weighted by atomic mass is 79.9. The Labute approximate surface area is 106 Å². The number of carbonyl (C=O) groups is 1. The van der Waals surface area contributed by atoms with E-state index < -0.39 is 5.97 Å². The summed E-state index contributed by atoms with van der Waals surface area (Å²) in [6.07, 6.45) is 0. The van der Waals surface area contributed by atoms with E-state index in [9.17, 15) is 4.79 Å². The summed E-state index contributed by atoms with van der Waals surface area (Å²) in [5.74, 6) is -0.901. The molecule has 1 aromatic rings. The van der Waals surface area contributed by atoms with Gasteiger partial charge in [-0.2, -0.15) is 0 Å². The fourth-order valence-electron chi connectivity index (χ4n) is 1.50. The van der Waals surface area contributed by atoms with Gasteiger partial charge in [-0.25, -0.2) is 4.79 Å². The largest absolute Gasteiger partial charge is 0.478 e. The predicted molar refractivity (Wildman–Crippen MR) is 67.5 cm³/mol. The molecule has 4 heteroatoms. The molecule has 0 aliphatic heterocycles. The van der Waals surface area contributed by atoms with Gasteiger partial charge < -0.3 is 5.11 Å². The van der Waals surface area contributed by atoms with Gasteiger partial charge in [0.1, 0.15) is 0 Å². The third kappa shape index (κ3) is 2.82. The van der Waals surface area contributed by atoms with Crippen molar-refractivity contribution in [2.75, 3.05) is 0 Å². The Morgan fingerprint density at radius 2 is 1.80 bits per heavy atom. The first-order valence-electron chi connectivity index (χ1n) is 4.46. The van der Waals surface area contributed by atoms with Crippen LogP contribution in [0.5, 0.6) is 0 Å². The minimum atomic E-state index is -0.901. The van der Waals surface area contributed by atoms with Crippen molar-refractivity contribution in [3.8, 4) is 0 Å². The summed E-state index contributed by atoms with van der Waals surface area (Å²) in [6, 6.07) is 3.50. The van der Waals surface area contributed by atoms with E-state index in [1.807, 2.05) is 26.8 Å². The molecule has 2 nitrogen and oxygen atoms in total. The van der Waals surface area contributed by atoms with Crippen LogP contribution in [-0.4, -0.2) is 11.1 Å². The molecule has 1 rings (SSSR count). The number of rotatable bonds is 1. The van der Waals surface area contributed by atoms with Gasteiger partial charge in [0.2, 0.25) is 0 Å². The maximum Gasteiger partial charge on any atom is 0.336 e. The summed E-state index contributed by atoms with van der Waals surface area (Å²) in [4.78, 5) is 11.1. The number of carboxylic acid groups (broad SMARTS) is 1. The van der Waals surface area contributed by atoms with E-state index in [1.165, 1.54) is 0 Å². The van der Waals surface area contributed by atoms with Crippen LogP contribution in [0.2, 0.25) is 0 Å². The third-order valence-electron chi connectivity index (χ3n) is 2.04. The van der Waals surface area contributed by atoms with E-state index in [0.29, 0.717) is 5.56 Å². The average Bonchev–Trinajstić information content (AvgIpc) is 1.99. The summed E-state index contributed by atoms with van der Waals surface area (Å²) in [6.45, 7) is 5.98. The highest BCUT2D eigenvalue weighted by molar-refractivity contribution is 9.11. The van der Waals surface area contributed by atoms with Gasteiger partial charge in [-0.1, -0.05) is 52.6 Å². The fraction of sp³-hybridized carbons (Fsp3) is 0.364. The van der Waals surface area contributed by atoms with Crippen LogP contribution in [0.4, 0.5) is 0 Å². The van der Waals surface area contributed by atoms with Gasteiger partial charge in [0.25, 0.3) is 0 Å². The Balaban J connectivity index is 3.55. The van der Waals surface area contributed by atoms with E-state index in [-0.39, 0.29) is 5.41 Å². The standard InChI is InChI=1S/C11H12Br2O2/c1-11(2,3)9-7(10(14)15)4-6(12)5-8(9)13/h4-5H,1-3H3,(H,14,15). The molecule has 0 amide bonds. The zero-order chi connectivity index (χ0) is 11.8. The number of hydrogen-bond acceptors (Lipinski definition) is 1. The van der Waals surface area contributed by atoms with Gasteiger partial charge in [-0.15, -0.1) is 0 Å². The molecule has 1 N–H and O–H groups in total. The minimum Gasteiger partial charge on any atom is -0.478 e. The Bertz CT molecular complexity index is 406. The molecule has 0 atom stereocenters. The van der Waals surface area contributed by atoms with Crippen molar-refractivity contribution >= 4 is 37.8 Å². The Morgan fingerprint density at radius 3 is 2.20 bits per heavy atom. The molecule has 0 spiro atoms. The van der Waals surface area contributed by atoms with Crippen LogP contribution < -0.4 is 0 Å². The smallest absolute Gasteiger partial charge is 0.336 e. The number of carboxylic acids is 1. The second-order valence-corrected chi connectivity index (χ2v) is 6.14. The number of aromatic carboxylic acids is 1. The fourth-order valence-corrected chi connectivity index (χ4v) is 3.32. The molecule has 0 heterocycles. The molecular weight excluding hydrogens is 324 g/mol. The SMILES string of the molecule is CC(C)(C)c1c(Br)cc(Br)cc1C(=O)O. The molecule has 0 unspecified atom stereocenters. The van der Waals surface area contributed by atoms with Crippen molar-refractivity contribution in [2.45, 2.75) is 26.2 Å². The average molecular weight is 336 g/mol. The van der Waals surface area contributed by atoms with Gasteiger partial charge in [-0.3, -0.25) is 0 Å². The predicted octanol–water partition coefficient (Wildman–Crippen LogP) is 4.21. The first kappa shape index (κ1) is 12.7. The maximum absolute atomic E-state index is 11.1. The van der Waals surface area contributed by atoms with Crippen LogP contribution in [0.25, 0.3) is 0 Å². The second-order valence-electron chi connectivity index (χ2n) is 4.37. The van der Waals surface area contributed by atoms with E-state index in [4.69, 9.17) is 5.11 Å². The van der Waals surface area contributed by atoms with Crippen LogP contribution in [0.15, 0.2) is 21.1 Å². The zero-order valence-corrected chi connectivity index (χ0v) is 11.9.